The summed E-state index contributed by atoms with van der Waals surface area (Å²) < 4.78 is 0. The van der Waals surface area contributed by atoms with Crippen molar-refractivity contribution in [1.82, 2.24) is 0 Å². The molecule has 0 aliphatic rings. The van der Waals surface area contributed by atoms with Gasteiger partial charge >= 0.3 is 5.97 Å². The molecule has 1 atom stereocenters. The van der Waals surface area contributed by atoms with Crippen molar-refractivity contribution in [2.24, 2.45) is 5.73 Å². The molecular weight excluding hydrogens is 178 g/mol. The summed E-state index contributed by atoms with van der Waals surface area (Å²) in [6, 6.07) is 7.58. The highest BCUT2D eigenvalue weighted by Crippen LogP contribution is 2.16. The molecule has 0 aliphatic heterocycles. The number of aliphatic carboxylic acids is 1. The topological polar surface area (TPSA) is 63.3 Å². The SMILES string of the molecule is CCc1cccc(C(CN)C(=O)O)c1. The Labute approximate surface area is 83.6 Å². The molecule has 1 rings (SSSR count). The van der Waals surface area contributed by atoms with E-state index in [0.29, 0.717) is 0 Å². The van der Waals surface area contributed by atoms with Gasteiger partial charge in [-0.25, -0.2) is 0 Å². The van der Waals surface area contributed by atoms with Crippen LogP contribution in [0.3, 0.4) is 0 Å². The average molecular weight is 193 g/mol. The maximum Gasteiger partial charge on any atom is 0.312 e. The summed E-state index contributed by atoms with van der Waals surface area (Å²) in [6.07, 6.45) is 0.907. The molecule has 1 aromatic carbocycles. The first-order valence-electron chi connectivity index (χ1n) is 4.70. The molecule has 0 saturated heterocycles. The highest BCUT2D eigenvalue weighted by molar-refractivity contribution is 5.76. The predicted octanol–water partition coefficient (Wildman–Crippen LogP) is 1.38. The third-order valence-electron chi connectivity index (χ3n) is 2.30. The first kappa shape index (κ1) is 10.7. The molecule has 0 aromatic heterocycles. The van der Waals surface area contributed by atoms with Crippen LogP contribution in [0.4, 0.5) is 0 Å². The van der Waals surface area contributed by atoms with E-state index in [1.165, 1.54) is 0 Å². The molecule has 0 spiro atoms. The summed E-state index contributed by atoms with van der Waals surface area (Å²) in [5, 5.41) is 8.91. The zero-order valence-electron chi connectivity index (χ0n) is 8.23. The first-order chi connectivity index (χ1) is 6.69. The van der Waals surface area contributed by atoms with E-state index in [-0.39, 0.29) is 6.54 Å². The molecule has 14 heavy (non-hydrogen) atoms. The molecule has 1 aromatic rings. The lowest BCUT2D eigenvalue weighted by Crippen LogP contribution is -2.21. The summed E-state index contributed by atoms with van der Waals surface area (Å²) in [4.78, 5) is 10.9. The monoisotopic (exact) mass is 193 g/mol. The molecule has 0 radical (unpaired) electrons. The lowest BCUT2D eigenvalue weighted by molar-refractivity contribution is -0.138. The smallest absolute Gasteiger partial charge is 0.312 e. The van der Waals surface area contributed by atoms with Crippen molar-refractivity contribution in [2.45, 2.75) is 19.3 Å². The van der Waals surface area contributed by atoms with E-state index in [2.05, 4.69) is 0 Å². The number of benzene rings is 1. The normalized spacial score (nSPS) is 12.4. The van der Waals surface area contributed by atoms with Crippen molar-refractivity contribution < 1.29 is 9.90 Å². The number of hydrogen-bond acceptors (Lipinski definition) is 2. The average Bonchev–Trinajstić information content (AvgIpc) is 2.19. The van der Waals surface area contributed by atoms with Gasteiger partial charge in [0.2, 0.25) is 0 Å². The van der Waals surface area contributed by atoms with Gasteiger partial charge in [0, 0.05) is 6.54 Å². The van der Waals surface area contributed by atoms with Crippen LogP contribution in [0, 0.1) is 0 Å². The van der Waals surface area contributed by atoms with Crippen LogP contribution < -0.4 is 5.73 Å². The molecule has 76 valence electrons. The molecule has 0 saturated carbocycles. The number of carbonyl (C=O) groups is 1. The van der Waals surface area contributed by atoms with Crippen LogP contribution in [0.1, 0.15) is 24.0 Å². The fourth-order valence-electron chi connectivity index (χ4n) is 1.41. The number of rotatable bonds is 4. The third-order valence-corrected chi connectivity index (χ3v) is 2.30. The summed E-state index contributed by atoms with van der Waals surface area (Å²) in [5.41, 5.74) is 7.35. The molecule has 3 nitrogen and oxygen atoms in total. The van der Waals surface area contributed by atoms with Crippen LogP contribution >= 0.6 is 0 Å². The van der Waals surface area contributed by atoms with Gasteiger partial charge in [0.25, 0.3) is 0 Å². The van der Waals surface area contributed by atoms with Gasteiger partial charge in [-0.2, -0.15) is 0 Å². The second kappa shape index (κ2) is 4.77. The molecule has 0 bridgehead atoms. The fraction of sp³-hybridized carbons (Fsp3) is 0.364. The van der Waals surface area contributed by atoms with E-state index in [1.807, 2.05) is 31.2 Å². The number of aryl methyl sites for hydroxylation is 1. The second-order valence-corrected chi connectivity index (χ2v) is 3.23. The maximum atomic E-state index is 10.9. The Morgan fingerprint density at radius 2 is 2.29 bits per heavy atom. The van der Waals surface area contributed by atoms with Gasteiger partial charge in [-0.15, -0.1) is 0 Å². The molecule has 0 aliphatic carbocycles. The first-order valence-corrected chi connectivity index (χ1v) is 4.70. The quantitative estimate of drug-likeness (QED) is 0.759. The van der Waals surface area contributed by atoms with Gasteiger partial charge in [0.05, 0.1) is 5.92 Å². The lowest BCUT2D eigenvalue weighted by Gasteiger charge is -2.10. The molecule has 1 unspecified atom stereocenters. The van der Waals surface area contributed by atoms with Crippen molar-refractivity contribution in [3.63, 3.8) is 0 Å². The Hall–Kier alpha value is -1.35. The van der Waals surface area contributed by atoms with E-state index in [9.17, 15) is 4.79 Å². The molecule has 0 fully saturated rings. The zero-order chi connectivity index (χ0) is 10.6. The minimum absolute atomic E-state index is 0.141. The van der Waals surface area contributed by atoms with Crippen LogP contribution in [0.25, 0.3) is 0 Å². The summed E-state index contributed by atoms with van der Waals surface area (Å²) in [7, 11) is 0. The molecule has 0 amide bonds. The number of hydrogen-bond donors (Lipinski definition) is 2. The number of nitrogens with two attached hydrogens (primary N) is 1. The highest BCUT2D eigenvalue weighted by Gasteiger charge is 2.17. The number of carboxylic acid groups (broad SMARTS) is 1. The summed E-state index contributed by atoms with van der Waals surface area (Å²) >= 11 is 0. The Morgan fingerprint density at radius 3 is 2.79 bits per heavy atom. The van der Waals surface area contributed by atoms with E-state index < -0.39 is 11.9 Å². The molecule has 0 heterocycles. The standard InChI is InChI=1S/C11H15NO2/c1-2-8-4-3-5-9(6-8)10(7-12)11(13)14/h3-6,10H,2,7,12H2,1H3,(H,13,14). The van der Waals surface area contributed by atoms with E-state index in [4.69, 9.17) is 10.8 Å². The van der Waals surface area contributed by atoms with E-state index >= 15 is 0 Å². The van der Waals surface area contributed by atoms with Crippen molar-refractivity contribution in [2.75, 3.05) is 6.54 Å². The minimum Gasteiger partial charge on any atom is -0.481 e. The largest absolute Gasteiger partial charge is 0.481 e. The van der Waals surface area contributed by atoms with Crippen molar-refractivity contribution in [3.8, 4) is 0 Å². The van der Waals surface area contributed by atoms with Crippen LogP contribution in [-0.4, -0.2) is 17.6 Å². The van der Waals surface area contributed by atoms with Gasteiger partial charge in [0.1, 0.15) is 0 Å². The fourth-order valence-corrected chi connectivity index (χ4v) is 1.41. The van der Waals surface area contributed by atoms with Gasteiger partial charge in [0.15, 0.2) is 0 Å². The van der Waals surface area contributed by atoms with E-state index in [1.54, 1.807) is 0 Å². The number of carboxylic acids is 1. The van der Waals surface area contributed by atoms with Gasteiger partial charge in [-0.3, -0.25) is 4.79 Å². The lowest BCUT2D eigenvalue weighted by atomic mass is 9.97. The van der Waals surface area contributed by atoms with E-state index in [0.717, 1.165) is 17.5 Å². The maximum absolute atomic E-state index is 10.9. The zero-order valence-corrected chi connectivity index (χ0v) is 8.23. The molecular formula is C11H15NO2. The van der Waals surface area contributed by atoms with Gasteiger partial charge in [-0.1, -0.05) is 31.2 Å². The predicted molar refractivity (Wildman–Crippen MR) is 55.3 cm³/mol. The van der Waals surface area contributed by atoms with Crippen LogP contribution in [-0.2, 0) is 11.2 Å². The van der Waals surface area contributed by atoms with Crippen molar-refractivity contribution >= 4 is 5.97 Å². The van der Waals surface area contributed by atoms with Crippen LogP contribution in [0.2, 0.25) is 0 Å². The Balaban J connectivity index is 2.98. The minimum atomic E-state index is -0.860. The Bertz CT molecular complexity index is 323. The molecule has 3 heteroatoms. The Morgan fingerprint density at radius 1 is 1.57 bits per heavy atom. The summed E-state index contributed by atoms with van der Waals surface area (Å²) in [6.45, 7) is 2.18. The highest BCUT2D eigenvalue weighted by atomic mass is 16.4. The Kier molecular flexibility index (Phi) is 3.65. The van der Waals surface area contributed by atoms with Gasteiger partial charge in [-0.05, 0) is 17.5 Å². The van der Waals surface area contributed by atoms with Crippen molar-refractivity contribution in [3.05, 3.63) is 35.4 Å². The van der Waals surface area contributed by atoms with Crippen molar-refractivity contribution in [1.29, 1.82) is 0 Å². The second-order valence-electron chi connectivity index (χ2n) is 3.23. The summed E-state index contributed by atoms with van der Waals surface area (Å²) in [5.74, 6) is -1.44. The van der Waals surface area contributed by atoms with Crippen LogP contribution in [0.15, 0.2) is 24.3 Å². The van der Waals surface area contributed by atoms with Gasteiger partial charge < -0.3 is 10.8 Å². The third kappa shape index (κ3) is 2.33. The van der Waals surface area contributed by atoms with Crippen LogP contribution in [0.5, 0.6) is 0 Å². The molecule has 3 N–H and O–H groups in total.